The first-order valence-electron chi connectivity index (χ1n) is 11.1. The third-order valence-corrected chi connectivity index (χ3v) is 4.29. The van der Waals surface area contributed by atoms with Crippen molar-refractivity contribution in [1.29, 1.82) is 0 Å². The standard InChI is InChI=1S/C20H38N4O8/c21-19(27)31-29-15-9-3-5-11-17(25)23-13-7-1-2-8-14-24-18(26)12-6-4-10-16-30-32-20(22)28/h1-16H2,(H2,21,27)(H2,22,28)(H,23,25)(H,24,26). The lowest BCUT2D eigenvalue weighted by molar-refractivity contribution is -0.236. The number of nitrogens with two attached hydrogens (primary N) is 2. The fourth-order valence-corrected chi connectivity index (χ4v) is 2.68. The first kappa shape index (κ1) is 29.4. The monoisotopic (exact) mass is 462 g/mol. The fourth-order valence-electron chi connectivity index (χ4n) is 2.68. The molecular weight excluding hydrogens is 424 g/mol. The van der Waals surface area contributed by atoms with Gasteiger partial charge >= 0.3 is 12.2 Å². The molecule has 4 amide bonds. The molecule has 186 valence electrons. The van der Waals surface area contributed by atoms with Crippen LogP contribution in [0.2, 0.25) is 0 Å². The summed E-state index contributed by atoms with van der Waals surface area (Å²) in [4.78, 5) is 61.4. The van der Waals surface area contributed by atoms with Gasteiger partial charge in [-0.15, -0.1) is 0 Å². The number of nitrogens with one attached hydrogen (secondary N) is 2. The molecular formula is C20H38N4O8. The summed E-state index contributed by atoms with van der Waals surface area (Å²) in [5, 5.41) is 5.78. The quantitative estimate of drug-likeness (QED) is 0.113. The molecule has 0 aliphatic heterocycles. The molecule has 32 heavy (non-hydrogen) atoms. The maximum absolute atomic E-state index is 11.7. The first-order valence-corrected chi connectivity index (χ1v) is 11.1. The smallest absolute Gasteiger partial charge is 0.356 e. The Labute approximate surface area is 188 Å². The second-order valence-electron chi connectivity index (χ2n) is 7.18. The number of amides is 4. The molecule has 0 fully saturated rings. The van der Waals surface area contributed by atoms with Crippen molar-refractivity contribution in [2.75, 3.05) is 26.3 Å². The molecule has 0 unspecified atom stereocenters. The van der Waals surface area contributed by atoms with Crippen LogP contribution in [-0.4, -0.2) is 50.3 Å². The fraction of sp³-hybridized carbons (Fsp3) is 0.800. The van der Waals surface area contributed by atoms with E-state index in [9.17, 15) is 19.2 Å². The molecule has 0 saturated heterocycles. The number of hydrogen-bond acceptors (Lipinski definition) is 8. The molecule has 0 spiro atoms. The number of primary amides is 2. The van der Waals surface area contributed by atoms with E-state index in [1.165, 1.54) is 0 Å². The van der Waals surface area contributed by atoms with Gasteiger partial charge < -0.3 is 22.1 Å². The molecule has 0 heterocycles. The van der Waals surface area contributed by atoms with E-state index in [-0.39, 0.29) is 25.0 Å². The van der Waals surface area contributed by atoms with Gasteiger partial charge in [0.05, 0.1) is 13.2 Å². The minimum absolute atomic E-state index is 0.0264. The van der Waals surface area contributed by atoms with E-state index < -0.39 is 12.2 Å². The largest absolute Gasteiger partial charge is 0.436 e. The predicted octanol–water partition coefficient (Wildman–Crippen LogP) is 1.95. The lowest BCUT2D eigenvalue weighted by atomic mass is 10.1. The maximum Gasteiger partial charge on any atom is 0.436 e. The van der Waals surface area contributed by atoms with Crippen LogP contribution in [0.1, 0.15) is 77.0 Å². The Morgan fingerprint density at radius 1 is 0.531 bits per heavy atom. The highest BCUT2D eigenvalue weighted by molar-refractivity contribution is 5.76. The Morgan fingerprint density at radius 2 is 0.906 bits per heavy atom. The lowest BCUT2D eigenvalue weighted by Crippen LogP contribution is -2.24. The van der Waals surface area contributed by atoms with Crippen LogP contribution in [0.25, 0.3) is 0 Å². The van der Waals surface area contributed by atoms with Crippen LogP contribution in [0, 0.1) is 0 Å². The summed E-state index contributed by atoms with van der Waals surface area (Å²) in [6.45, 7) is 1.82. The van der Waals surface area contributed by atoms with Gasteiger partial charge in [-0.1, -0.05) is 25.7 Å². The highest BCUT2D eigenvalue weighted by Gasteiger charge is 2.03. The van der Waals surface area contributed by atoms with Crippen molar-refractivity contribution in [3.05, 3.63) is 0 Å². The van der Waals surface area contributed by atoms with E-state index in [1.54, 1.807) is 0 Å². The second kappa shape index (κ2) is 21.6. The zero-order valence-electron chi connectivity index (χ0n) is 18.7. The number of carbonyl (C=O) groups excluding carboxylic acids is 4. The number of unbranched alkanes of at least 4 members (excludes halogenated alkanes) is 7. The van der Waals surface area contributed by atoms with E-state index in [1.807, 2.05) is 0 Å². The lowest BCUT2D eigenvalue weighted by Gasteiger charge is -2.07. The Morgan fingerprint density at radius 3 is 1.28 bits per heavy atom. The normalized spacial score (nSPS) is 10.4. The van der Waals surface area contributed by atoms with E-state index in [2.05, 4.69) is 30.2 Å². The molecule has 12 heteroatoms. The van der Waals surface area contributed by atoms with Crippen molar-refractivity contribution < 1.29 is 38.7 Å². The SMILES string of the molecule is NC(=O)OOCCCCCC(=O)NCCCCCCNC(=O)CCCCCOOC(N)=O. The van der Waals surface area contributed by atoms with Crippen LogP contribution in [-0.2, 0) is 29.1 Å². The van der Waals surface area contributed by atoms with Gasteiger partial charge in [-0.3, -0.25) is 19.4 Å². The second-order valence-corrected chi connectivity index (χ2v) is 7.18. The Bertz CT molecular complexity index is 488. The zero-order valence-corrected chi connectivity index (χ0v) is 18.7. The molecule has 0 radical (unpaired) electrons. The molecule has 0 aliphatic rings. The Hall–Kier alpha value is -2.60. The van der Waals surface area contributed by atoms with Gasteiger partial charge in [-0.2, -0.15) is 9.78 Å². The maximum atomic E-state index is 11.7. The minimum atomic E-state index is -0.973. The molecule has 0 bridgehead atoms. The molecule has 0 aromatic carbocycles. The van der Waals surface area contributed by atoms with Crippen molar-refractivity contribution in [3.8, 4) is 0 Å². The van der Waals surface area contributed by atoms with Gasteiger partial charge in [0.2, 0.25) is 11.8 Å². The van der Waals surface area contributed by atoms with Crippen molar-refractivity contribution in [3.63, 3.8) is 0 Å². The first-order chi connectivity index (χ1) is 15.4. The number of hydrogen-bond donors (Lipinski definition) is 4. The van der Waals surface area contributed by atoms with Gasteiger partial charge in [0, 0.05) is 25.9 Å². The van der Waals surface area contributed by atoms with Crippen LogP contribution in [0.5, 0.6) is 0 Å². The highest BCUT2D eigenvalue weighted by atomic mass is 17.2. The number of carbonyl (C=O) groups is 4. The minimum Gasteiger partial charge on any atom is -0.356 e. The molecule has 6 N–H and O–H groups in total. The van der Waals surface area contributed by atoms with E-state index in [4.69, 9.17) is 11.5 Å². The summed E-state index contributed by atoms with van der Waals surface area (Å²) in [7, 11) is 0. The molecule has 0 aromatic heterocycles. The predicted molar refractivity (Wildman–Crippen MR) is 115 cm³/mol. The Kier molecular flexibility index (Phi) is 19.9. The van der Waals surface area contributed by atoms with Crippen molar-refractivity contribution in [2.24, 2.45) is 11.5 Å². The van der Waals surface area contributed by atoms with Gasteiger partial charge in [0.15, 0.2) is 0 Å². The molecule has 12 nitrogen and oxygen atoms in total. The third kappa shape index (κ3) is 23.7. The highest BCUT2D eigenvalue weighted by Crippen LogP contribution is 2.03. The van der Waals surface area contributed by atoms with Crippen LogP contribution in [0.3, 0.4) is 0 Å². The summed E-state index contributed by atoms with van der Waals surface area (Å²) in [5.74, 6) is 0.0528. The van der Waals surface area contributed by atoms with E-state index >= 15 is 0 Å². The van der Waals surface area contributed by atoms with Crippen LogP contribution >= 0.6 is 0 Å². The summed E-state index contributed by atoms with van der Waals surface area (Å²) in [6, 6.07) is 0. The summed E-state index contributed by atoms with van der Waals surface area (Å²) in [6.07, 6.45) is 7.17. The van der Waals surface area contributed by atoms with E-state index in [0.717, 1.165) is 51.4 Å². The summed E-state index contributed by atoms with van der Waals surface area (Å²) in [5.41, 5.74) is 9.49. The van der Waals surface area contributed by atoms with Crippen LogP contribution < -0.4 is 22.1 Å². The topological polar surface area (TPSA) is 181 Å². The molecule has 0 atom stereocenters. The van der Waals surface area contributed by atoms with Gasteiger partial charge in [0.1, 0.15) is 0 Å². The Balaban J connectivity index is 3.30. The third-order valence-electron chi connectivity index (χ3n) is 4.29. The average Bonchev–Trinajstić information content (AvgIpc) is 2.73. The molecule has 0 saturated carbocycles. The molecule has 0 rings (SSSR count). The van der Waals surface area contributed by atoms with Crippen molar-refractivity contribution in [2.45, 2.75) is 77.0 Å². The summed E-state index contributed by atoms with van der Waals surface area (Å²) >= 11 is 0. The molecule has 0 aliphatic carbocycles. The van der Waals surface area contributed by atoms with Crippen LogP contribution in [0.4, 0.5) is 9.59 Å². The van der Waals surface area contributed by atoms with E-state index in [0.29, 0.717) is 38.8 Å². The summed E-state index contributed by atoms with van der Waals surface area (Å²) < 4.78 is 0. The van der Waals surface area contributed by atoms with Crippen LogP contribution in [0.15, 0.2) is 0 Å². The van der Waals surface area contributed by atoms with Crippen molar-refractivity contribution in [1.82, 2.24) is 10.6 Å². The zero-order chi connectivity index (χ0) is 23.9. The van der Waals surface area contributed by atoms with Crippen molar-refractivity contribution >= 4 is 24.0 Å². The number of rotatable bonds is 21. The van der Waals surface area contributed by atoms with Gasteiger partial charge in [0.25, 0.3) is 0 Å². The van der Waals surface area contributed by atoms with Gasteiger partial charge in [-0.05, 0) is 38.5 Å². The average molecular weight is 463 g/mol. The molecule has 0 aromatic rings. The van der Waals surface area contributed by atoms with Gasteiger partial charge in [-0.25, -0.2) is 9.59 Å².